The van der Waals surface area contributed by atoms with Gasteiger partial charge in [0.05, 0.1) is 13.0 Å². The lowest BCUT2D eigenvalue weighted by molar-refractivity contribution is -0.252. The van der Waals surface area contributed by atoms with Crippen LogP contribution in [-0.2, 0) is 23.9 Å². The van der Waals surface area contributed by atoms with Gasteiger partial charge in [0.25, 0.3) is 0 Å². The molecule has 0 aromatic rings. The van der Waals surface area contributed by atoms with Crippen LogP contribution in [-0.4, -0.2) is 30.6 Å². The first-order valence-electron chi connectivity index (χ1n) is 17.0. The standard InChI is InChI=1S/C36H58N2O5/c1-22(2)24-13-18-36(21-42-30(41)12-11-29(40)38-37)20-19-34(7)25(31(24)36)9-10-27-33(6)16-15-28(43-23(3)39)32(4,5)26(33)14-17-35(27,34)8/h24-28,31H,1,9-21,37H2,2-8H3,(H,38,40)/t24-,25+,26-,27+,28-,31+,33-,34+,35+,36+/m0/s1. The lowest BCUT2D eigenvalue weighted by atomic mass is 9.32. The van der Waals surface area contributed by atoms with Crippen LogP contribution < -0.4 is 11.3 Å². The van der Waals surface area contributed by atoms with Crippen molar-refractivity contribution in [3.8, 4) is 0 Å². The molecule has 0 aliphatic heterocycles. The molecule has 0 saturated heterocycles. The van der Waals surface area contributed by atoms with E-state index in [9.17, 15) is 14.4 Å². The van der Waals surface area contributed by atoms with Crippen LogP contribution in [0.15, 0.2) is 12.2 Å². The molecule has 5 aliphatic carbocycles. The van der Waals surface area contributed by atoms with Crippen LogP contribution in [0.25, 0.3) is 0 Å². The van der Waals surface area contributed by atoms with E-state index in [2.05, 4.69) is 53.5 Å². The molecule has 1 amide bonds. The number of ether oxygens (including phenoxy) is 2. The van der Waals surface area contributed by atoms with E-state index >= 15 is 0 Å². The number of hydrazine groups is 1. The van der Waals surface area contributed by atoms with Gasteiger partial charge in [-0.05, 0) is 117 Å². The molecule has 7 heteroatoms. The molecule has 0 bridgehead atoms. The number of hydrogen-bond acceptors (Lipinski definition) is 6. The minimum atomic E-state index is -0.346. The Bertz CT molecular complexity index is 1150. The fourth-order valence-corrected chi connectivity index (χ4v) is 12.5. The molecule has 10 atom stereocenters. The summed E-state index contributed by atoms with van der Waals surface area (Å²) in [5.41, 5.74) is 3.98. The maximum Gasteiger partial charge on any atom is 0.306 e. The number of nitrogens with one attached hydrogen (secondary N) is 1. The Hall–Kier alpha value is -1.89. The summed E-state index contributed by atoms with van der Waals surface area (Å²) in [6.07, 6.45) is 11.5. The highest BCUT2D eigenvalue weighted by Crippen LogP contribution is 2.77. The topological polar surface area (TPSA) is 108 Å². The van der Waals surface area contributed by atoms with Crippen molar-refractivity contribution < 1.29 is 23.9 Å². The van der Waals surface area contributed by atoms with Crippen LogP contribution in [0.3, 0.4) is 0 Å². The lowest BCUT2D eigenvalue weighted by Crippen LogP contribution is -2.67. The molecule has 5 rings (SSSR count). The predicted molar refractivity (Wildman–Crippen MR) is 167 cm³/mol. The average Bonchev–Trinajstić information content (AvgIpc) is 3.32. The molecule has 0 radical (unpaired) electrons. The fourth-order valence-electron chi connectivity index (χ4n) is 12.5. The molecule has 242 valence electrons. The molecule has 0 aromatic heterocycles. The van der Waals surface area contributed by atoms with E-state index < -0.39 is 0 Å². The van der Waals surface area contributed by atoms with Gasteiger partial charge in [-0.25, -0.2) is 5.84 Å². The van der Waals surface area contributed by atoms with Gasteiger partial charge in [-0.1, -0.05) is 46.8 Å². The van der Waals surface area contributed by atoms with Gasteiger partial charge in [0.2, 0.25) is 5.91 Å². The maximum atomic E-state index is 12.7. The molecule has 5 fully saturated rings. The Labute approximate surface area is 259 Å². The van der Waals surface area contributed by atoms with E-state index in [1.807, 2.05) is 0 Å². The minimum absolute atomic E-state index is 0.00290. The van der Waals surface area contributed by atoms with Crippen molar-refractivity contribution in [1.29, 1.82) is 0 Å². The second kappa shape index (κ2) is 11.2. The van der Waals surface area contributed by atoms with Crippen molar-refractivity contribution in [2.45, 2.75) is 132 Å². The molecule has 7 nitrogen and oxygen atoms in total. The van der Waals surface area contributed by atoms with Crippen LogP contribution in [0.2, 0.25) is 0 Å². The predicted octanol–water partition coefficient (Wildman–Crippen LogP) is 6.89. The number of esters is 2. The largest absolute Gasteiger partial charge is 0.465 e. The number of rotatable bonds is 7. The quantitative estimate of drug-likeness (QED) is 0.109. The Morgan fingerprint density at radius 3 is 2.21 bits per heavy atom. The van der Waals surface area contributed by atoms with Gasteiger partial charge in [-0.3, -0.25) is 19.8 Å². The highest BCUT2D eigenvalue weighted by atomic mass is 16.5. The summed E-state index contributed by atoms with van der Waals surface area (Å²) >= 11 is 0. The Morgan fingerprint density at radius 2 is 1.56 bits per heavy atom. The monoisotopic (exact) mass is 598 g/mol. The van der Waals surface area contributed by atoms with Gasteiger partial charge in [0.15, 0.2) is 0 Å². The zero-order valence-corrected chi connectivity index (χ0v) is 28.0. The van der Waals surface area contributed by atoms with Crippen molar-refractivity contribution in [2.75, 3.05) is 6.61 Å². The average molecular weight is 599 g/mol. The molecule has 0 heterocycles. The smallest absolute Gasteiger partial charge is 0.306 e. The molecular weight excluding hydrogens is 540 g/mol. The third kappa shape index (κ3) is 4.98. The SMILES string of the molecule is C=C(C)[C@@H]1CC[C@]2(COC(=O)CCC(=O)NN)CC[C@]3(C)[C@H](CC[C@@H]4[C@@]5(C)CC[C@H](OC(C)=O)C(C)(C)[C@@H]5CC[C@]43C)[C@@H]12. The van der Waals surface area contributed by atoms with E-state index in [1.54, 1.807) is 6.92 Å². The van der Waals surface area contributed by atoms with Gasteiger partial charge < -0.3 is 9.47 Å². The van der Waals surface area contributed by atoms with Gasteiger partial charge in [0.1, 0.15) is 6.10 Å². The number of carbonyl (C=O) groups excluding carboxylic acids is 3. The first kappa shape index (κ1) is 32.5. The van der Waals surface area contributed by atoms with Crippen molar-refractivity contribution in [3.05, 3.63) is 12.2 Å². The number of amides is 1. The van der Waals surface area contributed by atoms with Crippen LogP contribution in [0.4, 0.5) is 0 Å². The van der Waals surface area contributed by atoms with Crippen LogP contribution in [0, 0.1) is 56.7 Å². The number of fused-ring (bicyclic) bond motifs is 7. The molecule has 3 N–H and O–H groups in total. The van der Waals surface area contributed by atoms with Crippen LogP contribution in [0.5, 0.6) is 0 Å². The second-order valence-corrected chi connectivity index (χ2v) is 16.7. The zero-order valence-electron chi connectivity index (χ0n) is 28.0. The molecule has 0 aromatic carbocycles. The van der Waals surface area contributed by atoms with Crippen LogP contribution in [0.1, 0.15) is 126 Å². The first-order chi connectivity index (χ1) is 20.1. The number of hydrogen-bond donors (Lipinski definition) is 2. The summed E-state index contributed by atoms with van der Waals surface area (Å²) in [6, 6.07) is 0. The van der Waals surface area contributed by atoms with Crippen molar-refractivity contribution in [3.63, 3.8) is 0 Å². The molecule has 43 heavy (non-hydrogen) atoms. The fraction of sp³-hybridized carbons (Fsp3) is 0.861. The minimum Gasteiger partial charge on any atom is -0.465 e. The molecule has 0 spiro atoms. The van der Waals surface area contributed by atoms with E-state index in [0.717, 1.165) is 38.5 Å². The summed E-state index contributed by atoms with van der Waals surface area (Å²) in [6.45, 7) is 21.2. The first-order valence-corrected chi connectivity index (χ1v) is 17.0. The van der Waals surface area contributed by atoms with Gasteiger partial charge in [-0.2, -0.15) is 0 Å². The number of carbonyl (C=O) groups is 3. The summed E-state index contributed by atoms with van der Waals surface area (Å²) in [5.74, 6) is 7.05. The second-order valence-electron chi connectivity index (χ2n) is 16.7. The van der Waals surface area contributed by atoms with E-state index in [-0.39, 0.29) is 63.9 Å². The molecular formula is C36H58N2O5. The summed E-state index contributed by atoms with van der Waals surface area (Å²) in [7, 11) is 0. The van der Waals surface area contributed by atoms with E-state index in [4.69, 9.17) is 15.3 Å². The van der Waals surface area contributed by atoms with Crippen molar-refractivity contribution in [1.82, 2.24) is 5.43 Å². The Morgan fingerprint density at radius 1 is 0.837 bits per heavy atom. The van der Waals surface area contributed by atoms with Crippen molar-refractivity contribution >= 4 is 17.8 Å². The Balaban J connectivity index is 1.42. The molecule has 5 aliphatic rings. The molecule has 0 unspecified atom stereocenters. The highest BCUT2D eigenvalue weighted by Gasteiger charge is 2.71. The zero-order chi connectivity index (χ0) is 31.6. The third-order valence-electron chi connectivity index (χ3n) is 14.7. The highest BCUT2D eigenvalue weighted by molar-refractivity contribution is 5.80. The summed E-state index contributed by atoms with van der Waals surface area (Å²) in [4.78, 5) is 36.3. The van der Waals surface area contributed by atoms with Gasteiger partial charge >= 0.3 is 11.9 Å². The number of allylic oxidation sites excluding steroid dienone is 1. The van der Waals surface area contributed by atoms with E-state index in [1.165, 1.54) is 31.3 Å². The van der Waals surface area contributed by atoms with Gasteiger partial charge in [0, 0.05) is 24.2 Å². The number of nitrogens with two attached hydrogens (primary N) is 1. The van der Waals surface area contributed by atoms with Gasteiger partial charge in [-0.15, -0.1) is 0 Å². The third-order valence-corrected chi connectivity index (χ3v) is 14.7. The summed E-state index contributed by atoms with van der Waals surface area (Å²) in [5, 5.41) is 0. The van der Waals surface area contributed by atoms with E-state index in [0.29, 0.717) is 36.2 Å². The summed E-state index contributed by atoms with van der Waals surface area (Å²) < 4.78 is 11.9. The lowest BCUT2D eigenvalue weighted by Gasteiger charge is -2.73. The molecule has 5 saturated carbocycles. The normalized spacial score (nSPS) is 44.6. The Kier molecular flexibility index (Phi) is 8.44. The maximum absolute atomic E-state index is 12.7. The van der Waals surface area contributed by atoms with Crippen LogP contribution >= 0.6 is 0 Å². The van der Waals surface area contributed by atoms with Crippen molar-refractivity contribution in [2.24, 2.45) is 62.5 Å².